The smallest absolute Gasteiger partial charge is 0.283 e. The largest absolute Gasteiger partial charge is 0.442 e. The molecule has 2 aromatic rings. The number of nitrogens with one attached hydrogen (secondary N) is 1. The highest BCUT2D eigenvalue weighted by Crippen LogP contribution is 2.18. The van der Waals surface area contributed by atoms with E-state index >= 15 is 0 Å². The molecule has 0 radical (unpaired) electrons. The molecule has 1 aromatic carbocycles. The first-order valence-corrected chi connectivity index (χ1v) is 7.03. The summed E-state index contributed by atoms with van der Waals surface area (Å²) >= 11 is 0. The number of fused-ring (bicyclic) bond motifs is 1. The van der Waals surface area contributed by atoms with Crippen LogP contribution in [0.5, 0.6) is 0 Å². The van der Waals surface area contributed by atoms with E-state index in [4.69, 9.17) is 4.42 Å². The molecule has 3 rings (SSSR count). The highest BCUT2D eigenvalue weighted by Gasteiger charge is 2.09. The molecule has 1 aromatic heterocycles. The molecule has 0 saturated carbocycles. The average molecular weight is 307 g/mol. The van der Waals surface area contributed by atoms with Crippen LogP contribution in [0.4, 0.5) is 0 Å². The predicted octanol–water partition coefficient (Wildman–Crippen LogP) is 2.93. The Labute approximate surface area is 129 Å². The number of halogens is 1. The first-order chi connectivity index (χ1) is 9.72. The molecule has 0 bridgehead atoms. The standard InChI is InChI=1S/C16H18N2O2.ClH/c1-11-18-16(19)14-5-4-13(10-15(14)20-11)3-2-12-6-8-17-9-7-12;/h2-5,10,12,17H,6-9H2,1H3;1H. The van der Waals surface area contributed by atoms with Crippen LogP contribution < -0.4 is 10.9 Å². The SMILES string of the molecule is Cc1nc(=O)c2ccc(C=CC3CCNCC3)cc2o1.Cl. The van der Waals surface area contributed by atoms with Crippen molar-refractivity contribution < 1.29 is 4.42 Å². The third-order valence-corrected chi connectivity index (χ3v) is 3.70. The zero-order valence-corrected chi connectivity index (χ0v) is 12.8. The Kier molecular flexibility index (Phi) is 5.15. The quantitative estimate of drug-likeness (QED) is 0.927. The van der Waals surface area contributed by atoms with Gasteiger partial charge in [-0.05, 0) is 49.5 Å². The van der Waals surface area contributed by atoms with Crippen LogP contribution in [0.25, 0.3) is 17.0 Å². The van der Waals surface area contributed by atoms with Gasteiger partial charge in [-0.2, -0.15) is 4.98 Å². The summed E-state index contributed by atoms with van der Waals surface area (Å²) in [5, 5.41) is 3.90. The van der Waals surface area contributed by atoms with Crippen molar-refractivity contribution >= 4 is 29.5 Å². The van der Waals surface area contributed by atoms with Gasteiger partial charge in [0.15, 0.2) is 5.89 Å². The maximum absolute atomic E-state index is 11.7. The van der Waals surface area contributed by atoms with E-state index in [1.54, 1.807) is 13.0 Å². The molecule has 1 aliphatic rings. The Hall–Kier alpha value is -1.65. The van der Waals surface area contributed by atoms with Gasteiger partial charge in [0.2, 0.25) is 0 Å². The molecular formula is C16H19ClN2O2. The second-order valence-corrected chi connectivity index (χ2v) is 5.24. The van der Waals surface area contributed by atoms with Gasteiger partial charge in [0.25, 0.3) is 5.56 Å². The Balaban J connectivity index is 0.00000161. The van der Waals surface area contributed by atoms with E-state index in [2.05, 4.69) is 22.5 Å². The van der Waals surface area contributed by atoms with E-state index in [1.807, 2.05) is 12.1 Å². The first kappa shape index (κ1) is 15.7. The summed E-state index contributed by atoms with van der Waals surface area (Å²) in [5.41, 5.74) is 1.44. The molecule has 1 saturated heterocycles. The molecule has 112 valence electrons. The van der Waals surface area contributed by atoms with Crippen molar-refractivity contribution in [3.05, 3.63) is 46.1 Å². The lowest BCUT2D eigenvalue weighted by Crippen LogP contribution is -2.26. The van der Waals surface area contributed by atoms with Crippen LogP contribution >= 0.6 is 12.4 Å². The summed E-state index contributed by atoms with van der Waals surface area (Å²) in [6, 6.07) is 5.63. The second kappa shape index (κ2) is 6.87. The van der Waals surface area contributed by atoms with Crippen molar-refractivity contribution in [3.63, 3.8) is 0 Å². The third kappa shape index (κ3) is 3.71. The molecular weight excluding hydrogens is 288 g/mol. The molecule has 0 atom stereocenters. The zero-order valence-electron chi connectivity index (χ0n) is 12.0. The van der Waals surface area contributed by atoms with Crippen LogP contribution in [0.3, 0.4) is 0 Å². The maximum atomic E-state index is 11.7. The van der Waals surface area contributed by atoms with E-state index in [9.17, 15) is 4.79 Å². The van der Waals surface area contributed by atoms with Gasteiger partial charge in [0.05, 0.1) is 5.39 Å². The minimum atomic E-state index is -0.224. The molecule has 0 spiro atoms. The van der Waals surface area contributed by atoms with Gasteiger partial charge in [-0.1, -0.05) is 18.2 Å². The van der Waals surface area contributed by atoms with Gasteiger partial charge in [-0.25, -0.2) is 0 Å². The molecule has 1 aliphatic heterocycles. The Morgan fingerprint density at radius 1 is 1.33 bits per heavy atom. The van der Waals surface area contributed by atoms with Crippen molar-refractivity contribution in [2.75, 3.05) is 13.1 Å². The number of aryl methyl sites for hydroxylation is 1. The van der Waals surface area contributed by atoms with Crippen LogP contribution in [-0.2, 0) is 0 Å². The van der Waals surface area contributed by atoms with Crippen molar-refractivity contribution in [2.45, 2.75) is 19.8 Å². The van der Waals surface area contributed by atoms with Crippen molar-refractivity contribution in [2.24, 2.45) is 5.92 Å². The number of hydrogen-bond donors (Lipinski definition) is 1. The number of nitrogens with zero attached hydrogens (tertiary/aromatic N) is 1. The normalized spacial score (nSPS) is 16.2. The molecule has 0 aliphatic carbocycles. The van der Waals surface area contributed by atoms with Crippen LogP contribution in [0.2, 0.25) is 0 Å². The van der Waals surface area contributed by atoms with Crippen molar-refractivity contribution in [1.82, 2.24) is 10.3 Å². The molecule has 21 heavy (non-hydrogen) atoms. The lowest BCUT2D eigenvalue weighted by molar-refractivity contribution is 0.438. The fourth-order valence-corrected chi connectivity index (χ4v) is 2.57. The van der Waals surface area contributed by atoms with Crippen molar-refractivity contribution in [3.8, 4) is 0 Å². The Morgan fingerprint density at radius 2 is 2.10 bits per heavy atom. The Morgan fingerprint density at radius 3 is 2.86 bits per heavy atom. The fraction of sp³-hybridized carbons (Fsp3) is 0.375. The van der Waals surface area contributed by atoms with E-state index < -0.39 is 0 Å². The minimum absolute atomic E-state index is 0. The average Bonchev–Trinajstić information content (AvgIpc) is 2.45. The van der Waals surface area contributed by atoms with E-state index in [0.717, 1.165) is 18.7 Å². The minimum Gasteiger partial charge on any atom is -0.442 e. The number of hydrogen-bond acceptors (Lipinski definition) is 4. The number of benzene rings is 1. The molecule has 1 fully saturated rings. The molecule has 2 heterocycles. The van der Waals surface area contributed by atoms with Gasteiger partial charge in [0, 0.05) is 6.92 Å². The lowest BCUT2D eigenvalue weighted by atomic mass is 9.97. The maximum Gasteiger partial charge on any atom is 0.283 e. The Bertz CT molecular complexity index is 703. The highest BCUT2D eigenvalue weighted by atomic mass is 35.5. The molecule has 0 amide bonds. The molecule has 4 nitrogen and oxygen atoms in total. The van der Waals surface area contributed by atoms with E-state index in [1.165, 1.54) is 12.8 Å². The van der Waals surface area contributed by atoms with Crippen LogP contribution in [0.1, 0.15) is 24.3 Å². The van der Waals surface area contributed by atoms with Gasteiger partial charge >= 0.3 is 0 Å². The monoisotopic (exact) mass is 306 g/mol. The highest BCUT2D eigenvalue weighted by molar-refractivity contribution is 5.85. The molecule has 5 heteroatoms. The molecule has 0 unspecified atom stereocenters. The summed E-state index contributed by atoms with van der Waals surface area (Å²) in [7, 11) is 0. The van der Waals surface area contributed by atoms with Gasteiger partial charge in [-0.15, -0.1) is 12.4 Å². The summed E-state index contributed by atoms with van der Waals surface area (Å²) < 4.78 is 5.52. The number of rotatable bonds is 2. The molecule has 1 N–H and O–H groups in total. The predicted molar refractivity (Wildman–Crippen MR) is 86.9 cm³/mol. The van der Waals surface area contributed by atoms with Crippen LogP contribution in [0, 0.1) is 12.8 Å². The number of allylic oxidation sites excluding steroid dienone is 1. The number of piperidine rings is 1. The van der Waals surface area contributed by atoms with Crippen LogP contribution in [0.15, 0.2) is 33.5 Å². The van der Waals surface area contributed by atoms with E-state index in [0.29, 0.717) is 22.8 Å². The zero-order chi connectivity index (χ0) is 13.9. The second-order valence-electron chi connectivity index (χ2n) is 5.24. The van der Waals surface area contributed by atoms with Gasteiger partial charge < -0.3 is 9.73 Å². The summed E-state index contributed by atoms with van der Waals surface area (Å²) in [5.74, 6) is 1.04. The van der Waals surface area contributed by atoms with Crippen molar-refractivity contribution in [1.29, 1.82) is 0 Å². The topological polar surface area (TPSA) is 55.1 Å². The summed E-state index contributed by atoms with van der Waals surface area (Å²) in [6.45, 7) is 3.87. The number of aromatic nitrogens is 1. The summed E-state index contributed by atoms with van der Waals surface area (Å²) in [6.07, 6.45) is 6.74. The van der Waals surface area contributed by atoms with Crippen LogP contribution in [-0.4, -0.2) is 18.1 Å². The van der Waals surface area contributed by atoms with Gasteiger partial charge in [-0.3, -0.25) is 4.79 Å². The first-order valence-electron chi connectivity index (χ1n) is 7.03. The fourth-order valence-electron chi connectivity index (χ4n) is 2.57. The van der Waals surface area contributed by atoms with Gasteiger partial charge in [0.1, 0.15) is 5.58 Å². The van der Waals surface area contributed by atoms with E-state index in [-0.39, 0.29) is 18.0 Å². The lowest BCUT2D eigenvalue weighted by Gasteiger charge is -2.19. The summed E-state index contributed by atoms with van der Waals surface area (Å²) in [4.78, 5) is 15.5. The third-order valence-electron chi connectivity index (χ3n) is 3.70.